The number of likely N-dealkylation sites (tertiary alicyclic amines) is 1. The van der Waals surface area contributed by atoms with E-state index in [0.29, 0.717) is 62.0 Å². The van der Waals surface area contributed by atoms with Crippen LogP contribution in [0, 0.1) is 0 Å². The molecular weight excluding hydrogens is 783 g/mol. The Balaban J connectivity index is 0.817. The summed E-state index contributed by atoms with van der Waals surface area (Å²) < 4.78 is 42.6. The number of urea groups is 1. The van der Waals surface area contributed by atoms with E-state index in [9.17, 15) is 14.4 Å². The summed E-state index contributed by atoms with van der Waals surface area (Å²) in [5.74, 6) is -2.88. The Labute approximate surface area is 355 Å². The van der Waals surface area contributed by atoms with Gasteiger partial charge in [-0.3, -0.25) is 19.5 Å². The van der Waals surface area contributed by atoms with E-state index in [1.54, 1.807) is 47.4 Å². The number of benzene rings is 3. The van der Waals surface area contributed by atoms with Crippen molar-refractivity contribution in [2.75, 3.05) is 61.5 Å². The van der Waals surface area contributed by atoms with Crippen molar-refractivity contribution < 1.29 is 32.6 Å². The number of carbonyl (C=O) groups is 3. The molecule has 13 nitrogen and oxygen atoms in total. The van der Waals surface area contributed by atoms with Gasteiger partial charge < -0.3 is 24.6 Å². The standard InChI is InChI=1S/C46H54F2N8O5/c1-45(2,3)61-44(59)53-22-17-33-27-49-42(51-40(33)29-53)50-34-9-7-32(8-10-34)39-20-25-54(30-46(39,47)48)36-18-23-52(24-19-36)35-11-13-37(14-12-35)55-26-21-41(57)56(43(55)58)28-31-5-15-38(60-4)16-6-31/h5-16,27,36,39H,17-26,28-30H2,1-4H3,(H,49,50,51). The molecule has 0 aliphatic carbocycles. The van der Waals surface area contributed by atoms with Crippen LogP contribution in [-0.2, 0) is 29.0 Å². The molecule has 1 atom stereocenters. The largest absolute Gasteiger partial charge is 0.497 e. The normalized spacial score (nSPS) is 20.1. The van der Waals surface area contributed by atoms with Crippen molar-refractivity contribution >= 4 is 41.0 Å². The van der Waals surface area contributed by atoms with Crippen molar-refractivity contribution in [3.63, 3.8) is 0 Å². The topological polar surface area (TPSA) is 124 Å². The number of alkyl halides is 2. The lowest BCUT2D eigenvalue weighted by atomic mass is 9.85. The van der Waals surface area contributed by atoms with Gasteiger partial charge in [0.05, 0.1) is 38.4 Å². The summed E-state index contributed by atoms with van der Waals surface area (Å²) in [5, 5.41) is 3.20. The zero-order valence-corrected chi connectivity index (χ0v) is 35.3. The number of fused-ring (bicyclic) bond motifs is 1. The molecule has 322 valence electrons. The number of hydrogen-bond donors (Lipinski definition) is 1. The number of amides is 4. The first kappa shape index (κ1) is 41.9. The van der Waals surface area contributed by atoms with Crippen molar-refractivity contribution in [2.45, 2.75) is 89.4 Å². The number of halogens is 2. The van der Waals surface area contributed by atoms with Crippen LogP contribution in [0.25, 0.3) is 0 Å². The fourth-order valence-electron chi connectivity index (χ4n) is 8.79. The number of nitrogens with zero attached hydrogens (tertiary/aromatic N) is 7. The first-order chi connectivity index (χ1) is 29.2. The maximum Gasteiger partial charge on any atom is 0.410 e. The summed E-state index contributed by atoms with van der Waals surface area (Å²) in [6.45, 7) is 8.68. The second kappa shape index (κ2) is 17.3. The van der Waals surface area contributed by atoms with Gasteiger partial charge in [-0.2, -0.15) is 0 Å². The predicted molar refractivity (Wildman–Crippen MR) is 229 cm³/mol. The number of nitrogens with one attached hydrogen (secondary N) is 1. The van der Waals surface area contributed by atoms with Gasteiger partial charge in [-0.1, -0.05) is 24.3 Å². The molecule has 4 aromatic rings. The molecule has 0 radical (unpaired) electrons. The highest BCUT2D eigenvalue weighted by Gasteiger charge is 2.47. The van der Waals surface area contributed by atoms with Crippen molar-refractivity contribution in [1.82, 2.24) is 24.7 Å². The Kier molecular flexibility index (Phi) is 11.9. The number of anilines is 4. The second-order valence-corrected chi connectivity index (χ2v) is 17.4. The van der Waals surface area contributed by atoms with E-state index in [4.69, 9.17) is 9.47 Å². The number of hydrogen-bond acceptors (Lipinski definition) is 10. The summed E-state index contributed by atoms with van der Waals surface area (Å²) in [4.78, 5) is 56.8. The van der Waals surface area contributed by atoms with Gasteiger partial charge in [0.1, 0.15) is 11.4 Å². The average Bonchev–Trinajstić information content (AvgIpc) is 3.25. The van der Waals surface area contributed by atoms with Crippen LogP contribution in [-0.4, -0.2) is 107 Å². The number of piperidine rings is 2. The molecule has 1 N–H and O–H groups in total. The minimum Gasteiger partial charge on any atom is -0.497 e. The van der Waals surface area contributed by atoms with Crippen molar-refractivity contribution in [3.8, 4) is 5.75 Å². The van der Waals surface area contributed by atoms with Crippen LogP contribution in [0.3, 0.4) is 0 Å². The lowest BCUT2D eigenvalue weighted by Gasteiger charge is -2.45. The molecular formula is C46H54F2N8O5. The monoisotopic (exact) mass is 836 g/mol. The maximum absolute atomic E-state index is 15.9. The quantitative estimate of drug-likeness (QED) is 0.178. The van der Waals surface area contributed by atoms with E-state index < -0.39 is 17.4 Å². The summed E-state index contributed by atoms with van der Waals surface area (Å²) in [6, 6.07) is 22.0. The Morgan fingerprint density at radius 1 is 0.869 bits per heavy atom. The Bertz CT molecular complexity index is 2210. The zero-order valence-electron chi connectivity index (χ0n) is 35.3. The third kappa shape index (κ3) is 9.56. The Morgan fingerprint density at radius 2 is 1.57 bits per heavy atom. The van der Waals surface area contributed by atoms with Crippen LogP contribution < -0.4 is 19.9 Å². The van der Waals surface area contributed by atoms with E-state index in [1.165, 1.54) is 4.90 Å². The van der Waals surface area contributed by atoms with Crippen molar-refractivity contribution in [1.29, 1.82) is 0 Å². The SMILES string of the molecule is COc1ccc(CN2C(=O)CCN(c3ccc(N4CCC(N5CCC(c6ccc(Nc7ncc8c(n7)CN(C(=O)OC(C)(C)C)CC8)cc6)C(F)(F)C5)CC4)cc3)C2=O)cc1. The number of carbonyl (C=O) groups excluding carboxylic acids is 3. The summed E-state index contributed by atoms with van der Waals surface area (Å²) in [6.07, 6.45) is 4.18. The number of rotatable bonds is 9. The molecule has 0 saturated carbocycles. The summed E-state index contributed by atoms with van der Waals surface area (Å²) in [5.41, 5.74) is 5.02. The number of aromatic nitrogens is 2. The molecule has 3 saturated heterocycles. The van der Waals surface area contributed by atoms with Crippen LogP contribution >= 0.6 is 0 Å². The molecule has 1 aromatic heterocycles. The number of methoxy groups -OCH3 is 1. The van der Waals surface area contributed by atoms with Gasteiger partial charge >= 0.3 is 12.1 Å². The minimum atomic E-state index is -2.89. The highest BCUT2D eigenvalue weighted by molar-refractivity contribution is 6.05. The molecule has 1 unspecified atom stereocenters. The highest BCUT2D eigenvalue weighted by Crippen LogP contribution is 2.42. The summed E-state index contributed by atoms with van der Waals surface area (Å²) in [7, 11) is 1.59. The molecule has 4 amide bonds. The molecule has 15 heteroatoms. The van der Waals surface area contributed by atoms with Crippen LogP contribution in [0.2, 0.25) is 0 Å². The van der Waals surface area contributed by atoms with E-state index >= 15 is 8.78 Å². The van der Waals surface area contributed by atoms with Crippen LogP contribution in [0.15, 0.2) is 79.0 Å². The maximum atomic E-state index is 15.9. The molecule has 4 aliphatic heterocycles. The van der Waals surface area contributed by atoms with E-state index in [2.05, 4.69) is 20.2 Å². The van der Waals surface area contributed by atoms with E-state index in [1.807, 2.05) is 74.2 Å². The van der Waals surface area contributed by atoms with Gasteiger partial charge in [-0.15, -0.1) is 0 Å². The molecule has 0 spiro atoms. The van der Waals surface area contributed by atoms with Crippen molar-refractivity contribution in [2.24, 2.45) is 0 Å². The van der Waals surface area contributed by atoms with Gasteiger partial charge in [0.15, 0.2) is 0 Å². The molecule has 4 aliphatic rings. The van der Waals surface area contributed by atoms with E-state index in [-0.39, 0.29) is 43.6 Å². The highest BCUT2D eigenvalue weighted by atomic mass is 19.3. The van der Waals surface area contributed by atoms with Crippen LogP contribution in [0.4, 0.5) is 41.4 Å². The Morgan fingerprint density at radius 3 is 2.25 bits per heavy atom. The third-order valence-corrected chi connectivity index (χ3v) is 12.1. The van der Waals surface area contributed by atoms with Crippen LogP contribution in [0.5, 0.6) is 5.75 Å². The average molecular weight is 837 g/mol. The minimum absolute atomic E-state index is 0.0712. The lowest BCUT2D eigenvalue weighted by molar-refractivity contribution is -0.129. The predicted octanol–water partition coefficient (Wildman–Crippen LogP) is 7.97. The van der Waals surface area contributed by atoms with Gasteiger partial charge in [-0.05, 0) is 118 Å². The third-order valence-electron chi connectivity index (χ3n) is 12.1. The molecule has 8 rings (SSSR count). The van der Waals surface area contributed by atoms with E-state index in [0.717, 1.165) is 54.1 Å². The first-order valence-corrected chi connectivity index (χ1v) is 21.1. The lowest BCUT2D eigenvalue weighted by Crippen LogP contribution is -2.54. The summed E-state index contributed by atoms with van der Waals surface area (Å²) >= 11 is 0. The molecule has 61 heavy (non-hydrogen) atoms. The van der Waals surface area contributed by atoms with Gasteiger partial charge in [-0.25, -0.2) is 28.3 Å². The number of imide groups is 1. The fraction of sp³-hybridized carbons (Fsp3) is 0.457. The molecule has 0 bridgehead atoms. The number of ether oxygens (including phenoxy) is 2. The zero-order chi connectivity index (χ0) is 42.9. The molecule has 3 fully saturated rings. The van der Waals surface area contributed by atoms with Gasteiger partial charge in [0.25, 0.3) is 5.92 Å². The van der Waals surface area contributed by atoms with Crippen LogP contribution in [0.1, 0.15) is 74.8 Å². The van der Waals surface area contributed by atoms with Gasteiger partial charge in [0, 0.05) is 61.9 Å². The first-order valence-electron chi connectivity index (χ1n) is 21.1. The molecule has 5 heterocycles. The van der Waals surface area contributed by atoms with Crippen molar-refractivity contribution in [3.05, 3.63) is 101 Å². The van der Waals surface area contributed by atoms with Gasteiger partial charge in [0.2, 0.25) is 11.9 Å². The molecule has 3 aromatic carbocycles. The second-order valence-electron chi connectivity index (χ2n) is 17.4. The smallest absolute Gasteiger partial charge is 0.410 e. The Hall–Kier alpha value is -5.83. The fourth-order valence-corrected chi connectivity index (χ4v) is 8.79.